The Hall–Kier alpha value is -1.10. The molecular formula is C14H26N2O3. The third-order valence-electron chi connectivity index (χ3n) is 4.03. The number of piperidine rings is 1. The Bertz CT molecular complexity index is 321. The quantitative estimate of drug-likeness (QED) is 0.765. The zero-order valence-electron chi connectivity index (χ0n) is 12.0. The van der Waals surface area contributed by atoms with Crippen molar-refractivity contribution in [2.24, 2.45) is 17.1 Å². The van der Waals surface area contributed by atoms with Gasteiger partial charge in [-0.3, -0.25) is 9.59 Å². The summed E-state index contributed by atoms with van der Waals surface area (Å²) in [6.45, 7) is 6.05. The maximum Gasteiger partial charge on any atom is 0.306 e. The summed E-state index contributed by atoms with van der Waals surface area (Å²) in [6.07, 6.45) is 3.44. The highest BCUT2D eigenvalue weighted by atomic mass is 16.4. The van der Waals surface area contributed by atoms with Gasteiger partial charge in [0.05, 0.1) is 5.92 Å². The highest BCUT2D eigenvalue weighted by Gasteiger charge is 2.27. The van der Waals surface area contributed by atoms with Gasteiger partial charge < -0.3 is 15.7 Å². The molecule has 19 heavy (non-hydrogen) atoms. The normalized spacial score (nSPS) is 17.5. The summed E-state index contributed by atoms with van der Waals surface area (Å²) >= 11 is 0. The Morgan fingerprint density at radius 2 is 1.84 bits per heavy atom. The first-order valence-corrected chi connectivity index (χ1v) is 7.06. The van der Waals surface area contributed by atoms with Crippen molar-refractivity contribution in [1.82, 2.24) is 4.90 Å². The number of nitrogens with two attached hydrogens (primary N) is 1. The fourth-order valence-corrected chi connectivity index (χ4v) is 2.50. The van der Waals surface area contributed by atoms with E-state index >= 15 is 0 Å². The van der Waals surface area contributed by atoms with Crippen molar-refractivity contribution in [1.29, 1.82) is 0 Å². The molecule has 0 unspecified atom stereocenters. The summed E-state index contributed by atoms with van der Waals surface area (Å²) < 4.78 is 0. The van der Waals surface area contributed by atoms with Crippen molar-refractivity contribution >= 4 is 11.9 Å². The van der Waals surface area contributed by atoms with Crippen LogP contribution >= 0.6 is 0 Å². The van der Waals surface area contributed by atoms with E-state index in [1.54, 1.807) is 4.90 Å². The summed E-state index contributed by atoms with van der Waals surface area (Å²) in [4.78, 5) is 24.7. The van der Waals surface area contributed by atoms with Gasteiger partial charge in [0, 0.05) is 19.5 Å². The van der Waals surface area contributed by atoms with E-state index < -0.39 is 5.97 Å². The van der Waals surface area contributed by atoms with E-state index in [2.05, 4.69) is 13.8 Å². The molecule has 0 aromatic carbocycles. The second-order valence-corrected chi connectivity index (χ2v) is 6.20. The van der Waals surface area contributed by atoms with E-state index in [9.17, 15) is 9.59 Å². The lowest BCUT2D eigenvalue weighted by Gasteiger charge is -2.31. The molecule has 0 saturated carbocycles. The molecule has 1 aliphatic rings. The summed E-state index contributed by atoms with van der Waals surface area (Å²) in [5.74, 6) is -0.872. The zero-order chi connectivity index (χ0) is 14.5. The highest BCUT2D eigenvalue weighted by molar-refractivity contribution is 5.77. The summed E-state index contributed by atoms with van der Waals surface area (Å²) in [7, 11) is 0. The minimum Gasteiger partial charge on any atom is -0.481 e. The number of carbonyl (C=O) groups excluding carboxylic acids is 1. The number of amides is 1. The first-order chi connectivity index (χ1) is 8.85. The molecule has 1 saturated heterocycles. The number of likely N-dealkylation sites (tertiary alicyclic amines) is 1. The van der Waals surface area contributed by atoms with Crippen LogP contribution in [0.25, 0.3) is 0 Å². The average molecular weight is 270 g/mol. The molecule has 110 valence electrons. The van der Waals surface area contributed by atoms with Crippen LogP contribution in [0, 0.1) is 11.3 Å². The monoisotopic (exact) mass is 270 g/mol. The number of rotatable bonds is 6. The summed E-state index contributed by atoms with van der Waals surface area (Å²) in [6, 6.07) is 0. The van der Waals surface area contributed by atoms with Gasteiger partial charge in [0.25, 0.3) is 0 Å². The Kier molecular flexibility index (Phi) is 5.79. The van der Waals surface area contributed by atoms with Gasteiger partial charge in [0.15, 0.2) is 0 Å². The summed E-state index contributed by atoms with van der Waals surface area (Å²) in [5.41, 5.74) is 5.66. The number of carboxylic acids is 1. The van der Waals surface area contributed by atoms with Crippen LogP contribution in [-0.2, 0) is 9.59 Å². The van der Waals surface area contributed by atoms with Gasteiger partial charge in [-0.2, -0.15) is 0 Å². The molecule has 0 atom stereocenters. The maximum absolute atomic E-state index is 12.1. The van der Waals surface area contributed by atoms with Crippen molar-refractivity contribution in [2.45, 2.75) is 46.0 Å². The Labute approximate surface area is 115 Å². The number of carbonyl (C=O) groups is 2. The molecule has 1 fully saturated rings. The fourth-order valence-electron chi connectivity index (χ4n) is 2.50. The molecule has 0 aromatic rings. The molecule has 0 aliphatic carbocycles. The molecule has 1 aliphatic heterocycles. The zero-order valence-corrected chi connectivity index (χ0v) is 12.0. The maximum atomic E-state index is 12.1. The van der Waals surface area contributed by atoms with Gasteiger partial charge in [-0.1, -0.05) is 13.8 Å². The van der Waals surface area contributed by atoms with Crippen molar-refractivity contribution in [2.75, 3.05) is 19.6 Å². The molecule has 0 radical (unpaired) electrons. The standard InChI is InChI=1S/C14H26N2O3/c1-14(2,7-8-15)6-3-12(17)16-9-4-11(5-10-16)13(18)19/h11H,3-10,15H2,1-2H3,(H,18,19). The predicted molar refractivity (Wildman–Crippen MR) is 73.6 cm³/mol. The van der Waals surface area contributed by atoms with Crippen molar-refractivity contribution in [3.05, 3.63) is 0 Å². The second kappa shape index (κ2) is 6.89. The number of carboxylic acid groups (broad SMARTS) is 1. The van der Waals surface area contributed by atoms with E-state index in [1.165, 1.54) is 0 Å². The largest absolute Gasteiger partial charge is 0.481 e. The van der Waals surface area contributed by atoms with Crippen LogP contribution in [0.15, 0.2) is 0 Å². The molecular weight excluding hydrogens is 244 g/mol. The van der Waals surface area contributed by atoms with Crippen molar-refractivity contribution < 1.29 is 14.7 Å². The molecule has 0 aromatic heterocycles. The van der Waals surface area contributed by atoms with E-state index in [-0.39, 0.29) is 17.2 Å². The van der Waals surface area contributed by atoms with Crippen LogP contribution in [0.4, 0.5) is 0 Å². The van der Waals surface area contributed by atoms with Crippen molar-refractivity contribution in [3.8, 4) is 0 Å². The van der Waals surface area contributed by atoms with E-state index in [0.717, 1.165) is 12.8 Å². The molecule has 0 bridgehead atoms. The molecule has 3 N–H and O–H groups in total. The molecule has 1 rings (SSSR count). The lowest BCUT2D eigenvalue weighted by atomic mass is 9.84. The first-order valence-electron chi connectivity index (χ1n) is 7.06. The van der Waals surface area contributed by atoms with Gasteiger partial charge in [-0.15, -0.1) is 0 Å². The van der Waals surface area contributed by atoms with Crippen LogP contribution in [0.3, 0.4) is 0 Å². The number of hydrogen-bond donors (Lipinski definition) is 2. The van der Waals surface area contributed by atoms with Crippen LogP contribution in [-0.4, -0.2) is 41.5 Å². The van der Waals surface area contributed by atoms with Crippen LogP contribution < -0.4 is 5.73 Å². The van der Waals surface area contributed by atoms with Crippen LogP contribution in [0.1, 0.15) is 46.0 Å². The average Bonchev–Trinajstić information content (AvgIpc) is 2.36. The SMILES string of the molecule is CC(C)(CCN)CCC(=O)N1CCC(C(=O)O)CC1. The van der Waals surface area contributed by atoms with Crippen LogP contribution in [0.2, 0.25) is 0 Å². The second-order valence-electron chi connectivity index (χ2n) is 6.20. The van der Waals surface area contributed by atoms with Gasteiger partial charge in [-0.05, 0) is 37.6 Å². The third kappa shape index (κ3) is 5.19. The lowest BCUT2D eigenvalue weighted by Crippen LogP contribution is -2.40. The molecule has 1 heterocycles. The number of aliphatic carboxylic acids is 1. The summed E-state index contributed by atoms with van der Waals surface area (Å²) in [5, 5.41) is 8.92. The minimum atomic E-state index is -0.740. The smallest absolute Gasteiger partial charge is 0.306 e. The Morgan fingerprint density at radius 1 is 1.26 bits per heavy atom. The van der Waals surface area contributed by atoms with Gasteiger partial charge in [-0.25, -0.2) is 0 Å². The van der Waals surface area contributed by atoms with Gasteiger partial charge in [0.1, 0.15) is 0 Å². The fraction of sp³-hybridized carbons (Fsp3) is 0.857. The molecule has 5 heteroatoms. The van der Waals surface area contributed by atoms with Crippen LogP contribution in [0.5, 0.6) is 0 Å². The van der Waals surface area contributed by atoms with Gasteiger partial charge >= 0.3 is 5.97 Å². The molecule has 5 nitrogen and oxygen atoms in total. The lowest BCUT2D eigenvalue weighted by molar-refractivity contribution is -0.145. The third-order valence-corrected chi connectivity index (χ3v) is 4.03. The minimum absolute atomic E-state index is 0.101. The number of nitrogens with zero attached hydrogens (tertiary/aromatic N) is 1. The topological polar surface area (TPSA) is 83.6 Å². The predicted octanol–water partition coefficient (Wildman–Crippen LogP) is 1.46. The number of hydrogen-bond acceptors (Lipinski definition) is 3. The Balaban J connectivity index is 2.34. The highest BCUT2D eigenvalue weighted by Crippen LogP contribution is 2.27. The first kappa shape index (κ1) is 16.0. The molecule has 1 amide bonds. The van der Waals surface area contributed by atoms with E-state index in [4.69, 9.17) is 10.8 Å². The van der Waals surface area contributed by atoms with E-state index in [1.807, 2.05) is 0 Å². The van der Waals surface area contributed by atoms with E-state index in [0.29, 0.717) is 38.9 Å². The Morgan fingerprint density at radius 3 is 2.32 bits per heavy atom. The molecule has 0 spiro atoms. The van der Waals surface area contributed by atoms with Crippen molar-refractivity contribution in [3.63, 3.8) is 0 Å². The van der Waals surface area contributed by atoms with Gasteiger partial charge in [0.2, 0.25) is 5.91 Å².